The first kappa shape index (κ1) is 15.8. The van der Waals surface area contributed by atoms with Crippen molar-refractivity contribution in [2.75, 3.05) is 14.2 Å². The second-order valence-corrected chi connectivity index (χ2v) is 5.62. The molecule has 5 heteroatoms. The number of benzene rings is 2. The van der Waals surface area contributed by atoms with Crippen LogP contribution in [0.3, 0.4) is 0 Å². The summed E-state index contributed by atoms with van der Waals surface area (Å²) in [7, 11) is 2.98. The summed E-state index contributed by atoms with van der Waals surface area (Å²) in [6.07, 6.45) is 0. The van der Waals surface area contributed by atoms with Crippen LogP contribution in [0.15, 0.2) is 34.8 Å². The third-order valence-corrected chi connectivity index (χ3v) is 3.91. The van der Waals surface area contributed by atoms with E-state index in [2.05, 4.69) is 15.9 Å². The van der Waals surface area contributed by atoms with Crippen LogP contribution in [0.1, 0.15) is 22.7 Å². The molecule has 0 fully saturated rings. The maximum absolute atomic E-state index is 14.3. The van der Waals surface area contributed by atoms with Gasteiger partial charge in [-0.1, -0.05) is 22.0 Å². The largest absolute Gasteiger partial charge is 0.493 e. The van der Waals surface area contributed by atoms with E-state index in [0.29, 0.717) is 17.1 Å². The third kappa shape index (κ3) is 3.19. The Balaban J connectivity index is 2.52. The van der Waals surface area contributed by atoms with Crippen molar-refractivity contribution in [2.45, 2.75) is 13.0 Å². The highest BCUT2D eigenvalue weighted by Gasteiger charge is 2.19. The highest BCUT2D eigenvalue weighted by Crippen LogP contribution is 2.35. The number of hydrogen-bond acceptors (Lipinski definition) is 3. The van der Waals surface area contributed by atoms with Crippen LogP contribution in [0.2, 0.25) is 0 Å². The lowest BCUT2D eigenvalue weighted by Crippen LogP contribution is -2.15. The molecule has 0 saturated carbocycles. The van der Waals surface area contributed by atoms with Crippen LogP contribution < -0.4 is 15.2 Å². The van der Waals surface area contributed by atoms with Crippen LogP contribution in [0, 0.1) is 12.7 Å². The molecular formula is C16H17BrFNO2. The maximum atomic E-state index is 14.3. The van der Waals surface area contributed by atoms with Gasteiger partial charge in [-0.25, -0.2) is 4.39 Å². The van der Waals surface area contributed by atoms with E-state index in [1.165, 1.54) is 20.3 Å². The first-order chi connectivity index (χ1) is 9.97. The Morgan fingerprint density at radius 3 is 2.29 bits per heavy atom. The van der Waals surface area contributed by atoms with Gasteiger partial charge in [-0.05, 0) is 36.2 Å². The zero-order chi connectivity index (χ0) is 15.6. The van der Waals surface area contributed by atoms with Gasteiger partial charge in [-0.15, -0.1) is 0 Å². The molecule has 0 radical (unpaired) electrons. The molecule has 0 heterocycles. The second-order valence-electron chi connectivity index (χ2n) is 4.71. The summed E-state index contributed by atoms with van der Waals surface area (Å²) in [5, 5.41) is 0. The van der Waals surface area contributed by atoms with Crippen LogP contribution in [0.4, 0.5) is 4.39 Å². The fourth-order valence-corrected chi connectivity index (χ4v) is 2.60. The molecule has 3 nitrogen and oxygen atoms in total. The summed E-state index contributed by atoms with van der Waals surface area (Å²) in [6.45, 7) is 1.94. The minimum atomic E-state index is -0.581. The Bertz CT molecular complexity index is 661. The van der Waals surface area contributed by atoms with E-state index in [1.54, 1.807) is 6.07 Å². The molecule has 0 aromatic heterocycles. The summed E-state index contributed by atoms with van der Waals surface area (Å²) in [4.78, 5) is 0. The third-order valence-electron chi connectivity index (χ3n) is 3.41. The Morgan fingerprint density at radius 1 is 1.05 bits per heavy atom. The smallest absolute Gasteiger partial charge is 0.163 e. The van der Waals surface area contributed by atoms with E-state index in [-0.39, 0.29) is 0 Å². The van der Waals surface area contributed by atoms with Gasteiger partial charge in [0.25, 0.3) is 0 Å². The second kappa shape index (κ2) is 6.45. The predicted octanol–water partition coefficient (Wildman–Crippen LogP) is 3.96. The minimum Gasteiger partial charge on any atom is -0.493 e. The Morgan fingerprint density at radius 2 is 1.67 bits per heavy atom. The molecule has 0 amide bonds. The van der Waals surface area contributed by atoms with E-state index >= 15 is 0 Å². The van der Waals surface area contributed by atoms with Gasteiger partial charge in [0.2, 0.25) is 0 Å². The molecule has 1 atom stereocenters. The van der Waals surface area contributed by atoms with Gasteiger partial charge in [-0.2, -0.15) is 0 Å². The van der Waals surface area contributed by atoms with Gasteiger partial charge in [0.1, 0.15) is 5.82 Å². The van der Waals surface area contributed by atoms with E-state index < -0.39 is 11.9 Å². The molecule has 0 aliphatic heterocycles. The zero-order valence-electron chi connectivity index (χ0n) is 12.1. The first-order valence-electron chi connectivity index (χ1n) is 6.41. The van der Waals surface area contributed by atoms with E-state index in [0.717, 1.165) is 15.6 Å². The number of methoxy groups -OCH3 is 2. The Labute approximate surface area is 132 Å². The topological polar surface area (TPSA) is 44.5 Å². The standard InChI is InChI=1S/C16H17BrFNO2/c1-9-4-5-10(17)6-11(9)16(19)12-7-14(20-2)15(21-3)8-13(12)18/h4-8,16H,19H2,1-3H3. The van der Waals surface area contributed by atoms with E-state index in [9.17, 15) is 4.39 Å². The number of halogens is 2. The van der Waals surface area contributed by atoms with Crippen molar-refractivity contribution in [1.82, 2.24) is 0 Å². The van der Waals surface area contributed by atoms with Crippen molar-refractivity contribution in [3.05, 3.63) is 57.3 Å². The van der Waals surface area contributed by atoms with Crippen LogP contribution in [0.5, 0.6) is 11.5 Å². The molecule has 0 saturated heterocycles. The molecule has 2 rings (SSSR count). The van der Waals surface area contributed by atoms with Crippen molar-refractivity contribution < 1.29 is 13.9 Å². The molecule has 2 N–H and O–H groups in total. The van der Waals surface area contributed by atoms with Gasteiger partial charge in [0, 0.05) is 16.1 Å². The lowest BCUT2D eigenvalue weighted by molar-refractivity contribution is 0.351. The Hall–Kier alpha value is -1.59. The van der Waals surface area contributed by atoms with Gasteiger partial charge < -0.3 is 15.2 Å². The fraction of sp³-hybridized carbons (Fsp3) is 0.250. The van der Waals surface area contributed by atoms with Crippen molar-refractivity contribution in [3.63, 3.8) is 0 Å². The summed E-state index contributed by atoms with van der Waals surface area (Å²) in [5.41, 5.74) is 8.47. The normalized spacial score (nSPS) is 12.1. The molecule has 2 aromatic rings. The number of rotatable bonds is 4. The fourth-order valence-electron chi connectivity index (χ4n) is 2.22. The van der Waals surface area contributed by atoms with Crippen molar-refractivity contribution >= 4 is 15.9 Å². The monoisotopic (exact) mass is 353 g/mol. The molecule has 112 valence electrons. The quantitative estimate of drug-likeness (QED) is 0.904. The van der Waals surface area contributed by atoms with Gasteiger partial charge in [0.15, 0.2) is 11.5 Å². The van der Waals surface area contributed by atoms with Gasteiger partial charge >= 0.3 is 0 Å². The highest BCUT2D eigenvalue weighted by atomic mass is 79.9. The van der Waals surface area contributed by atoms with E-state index in [1.807, 2.05) is 25.1 Å². The average molecular weight is 354 g/mol. The molecule has 0 spiro atoms. The van der Waals surface area contributed by atoms with Gasteiger partial charge in [-0.3, -0.25) is 0 Å². The number of hydrogen-bond donors (Lipinski definition) is 1. The van der Waals surface area contributed by atoms with Crippen molar-refractivity contribution in [1.29, 1.82) is 0 Å². The zero-order valence-corrected chi connectivity index (χ0v) is 13.7. The molecule has 21 heavy (non-hydrogen) atoms. The van der Waals surface area contributed by atoms with Crippen molar-refractivity contribution in [2.24, 2.45) is 5.73 Å². The lowest BCUT2D eigenvalue weighted by Gasteiger charge is -2.18. The summed E-state index contributed by atoms with van der Waals surface area (Å²) in [5.74, 6) is 0.383. The molecular weight excluding hydrogens is 337 g/mol. The lowest BCUT2D eigenvalue weighted by atomic mass is 9.95. The summed E-state index contributed by atoms with van der Waals surface area (Å²) in [6, 6.07) is 8.06. The number of ether oxygens (including phenoxy) is 2. The predicted molar refractivity (Wildman–Crippen MR) is 84.4 cm³/mol. The summed E-state index contributed by atoms with van der Waals surface area (Å²) >= 11 is 3.41. The molecule has 2 aromatic carbocycles. The maximum Gasteiger partial charge on any atom is 0.163 e. The van der Waals surface area contributed by atoms with Crippen LogP contribution >= 0.6 is 15.9 Å². The van der Waals surface area contributed by atoms with Crippen molar-refractivity contribution in [3.8, 4) is 11.5 Å². The number of aryl methyl sites for hydroxylation is 1. The highest BCUT2D eigenvalue weighted by molar-refractivity contribution is 9.10. The number of nitrogens with two attached hydrogens (primary N) is 1. The average Bonchev–Trinajstić information content (AvgIpc) is 2.48. The minimum absolute atomic E-state index is 0.344. The molecule has 0 aliphatic rings. The SMILES string of the molecule is COc1cc(F)c(C(N)c2cc(Br)ccc2C)cc1OC. The summed E-state index contributed by atoms with van der Waals surface area (Å²) < 4.78 is 25.5. The van der Waals surface area contributed by atoms with Crippen LogP contribution in [0.25, 0.3) is 0 Å². The first-order valence-corrected chi connectivity index (χ1v) is 7.20. The van der Waals surface area contributed by atoms with Crippen LogP contribution in [-0.4, -0.2) is 14.2 Å². The molecule has 1 unspecified atom stereocenters. The molecule has 0 bridgehead atoms. The molecule has 0 aliphatic carbocycles. The Kier molecular flexibility index (Phi) is 4.85. The van der Waals surface area contributed by atoms with Gasteiger partial charge in [0.05, 0.1) is 20.3 Å². The van der Waals surface area contributed by atoms with E-state index in [4.69, 9.17) is 15.2 Å². The van der Waals surface area contributed by atoms with Crippen LogP contribution in [-0.2, 0) is 0 Å².